The molecule has 1 heterocycles. The Morgan fingerprint density at radius 3 is 2.62 bits per heavy atom. The van der Waals surface area contributed by atoms with Gasteiger partial charge in [-0.25, -0.2) is 0 Å². The van der Waals surface area contributed by atoms with Gasteiger partial charge in [0, 0.05) is 12.5 Å². The Labute approximate surface area is 79.7 Å². The summed E-state index contributed by atoms with van der Waals surface area (Å²) >= 11 is 0. The number of piperidine rings is 1. The zero-order valence-electron chi connectivity index (χ0n) is 8.28. The van der Waals surface area contributed by atoms with Gasteiger partial charge in [-0.2, -0.15) is 0 Å². The first kappa shape index (κ1) is 10.7. The molecule has 1 unspecified atom stereocenters. The summed E-state index contributed by atoms with van der Waals surface area (Å²) in [6.07, 6.45) is 3.69. The number of rotatable bonds is 4. The third-order valence-electron chi connectivity index (χ3n) is 2.69. The fourth-order valence-corrected chi connectivity index (χ4v) is 1.68. The first-order chi connectivity index (χ1) is 6.22. The standard InChI is InChI=1S/C10H19NO2/c1-9(13)2-5-11-6-3-10(8-12)4-7-11/h8-10,13H,2-7H2,1H3. The maximum Gasteiger partial charge on any atom is 0.123 e. The first-order valence-electron chi connectivity index (χ1n) is 5.08. The van der Waals surface area contributed by atoms with Crippen molar-refractivity contribution in [2.45, 2.75) is 32.3 Å². The molecule has 1 saturated heterocycles. The highest BCUT2D eigenvalue weighted by Crippen LogP contribution is 2.14. The van der Waals surface area contributed by atoms with Crippen molar-refractivity contribution in [2.24, 2.45) is 5.92 Å². The molecule has 0 spiro atoms. The second-order valence-corrected chi connectivity index (χ2v) is 3.95. The number of carbonyl (C=O) groups excluding carboxylic acids is 1. The van der Waals surface area contributed by atoms with Crippen molar-refractivity contribution in [3.63, 3.8) is 0 Å². The molecule has 0 saturated carbocycles. The zero-order chi connectivity index (χ0) is 9.68. The minimum atomic E-state index is -0.205. The molecule has 0 aromatic rings. The van der Waals surface area contributed by atoms with Gasteiger partial charge in [-0.1, -0.05) is 0 Å². The molecule has 0 radical (unpaired) electrons. The van der Waals surface area contributed by atoms with E-state index in [-0.39, 0.29) is 12.0 Å². The molecule has 1 rings (SSSR count). The van der Waals surface area contributed by atoms with Crippen LogP contribution in [0.2, 0.25) is 0 Å². The van der Waals surface area contributed by atoms with Crippen LogP contribution in [0.15, 0.2) is 0 Å². The van der Waals surface area contributed by atoms with Crippen LogP contribution < -0.4 is 0 Å². The van der Waals surface area contributed by atoms with Gasteiger partial charge in [0.1, 0.15) is 6.29 Å². The third-order valence-corrected chi connectivity index (χ3v) is 2.69. The molecule has 76 valence electrons. The van der Waals surface area contributed by atoms with E-state index in [0.29, 0.717) is 0 Å². The second kappa shape index (κ2) is 5.35. The number of nitrogens with zero attached hydrogens (tertiary/aromatic N) is 1. The number of hydrogen-bond donors (Lipinski definition) is 1. The highest BCUT2D eigenvalue weighted by atomic mass is 16.3. The molecule has 3 heteroatoms. The van der Waals surface area contributed by atoms with Gasteiger partial charge in [-0.15, -0.1) is 0 Å². The molecule has 1 atom stereocenters. The van der Waals surface area contributed by atoms with Crippen LogP contribution in [0.5, 0.6) is 0 Å². The Kier molecular flexibility index (Phi) is 4.39. The van der Waals surface area contributed by atoms with Crippen LogP contribution in [-0.2, 0) is 4.79 Å². The summed E-state index contributed by atoms with van der Waals surface area (Å²) in [5.74, 6) is 0.280. The van der Waals surface area contributed by atoms with E-state index < -0.39 is 0 Å². The first-order valence-corrected chi connectivity index (χ1v) is 5.08. The molecule has 0 aromatic heterocycles. The molecule has 13 heavy (non-hydrogen) atoms. The Morgan fingerprint density at radius 1 is 1.54 bits per heavy atom. The lowest BCUT2D eigenvalue weighted by atomic mass is 9.98. The molecule has 0 bridgehead atoms. The van der Waals surface area contributed by atoms with Gasteiger partial charge in [0.2, 0.25) is 0 Å². The van der Waals surface area contributed by atoms with Gasteiger partial charge >= 0.3 is 0 Å². The van der Waals surface area contributed by atoms with Crippen molar-refractivity contribution in [2.75, 3.05) is 19.6 Å². The van der Waals surface area contributed by atoms with E-state index in [1.165, 1.54) is 0 Å². The average Bonchev–Trinajstić information content (AvgIpc) is 2.15. The van der Waals surface area contributed by atoms with E-state index in [4.69, 9.17) is 5.11 Å². The van der Waals surface area contributed by atoms with Crippen LogP contribution in [-0.4, -0.2) is 42.0 Å². The SMILES string of the molecule is CC(O)CCN1CCC(C=O)CC1. The second-order valence-electron chi connectivity index (χ2n) is 3.95. The van der Waals surface area contributed by atoms with Crippen molar-refractivity contribution in [1.29, 1.82) is 0 Å². The average molecular weight is 185 g/mol. The van der Waals surface area contributed by atoms with Crippen molar-refractivity contribution in [3.05, 3.63) is 0 Å². The van der Waals surface area contributed by atoms with Crippen LogP contribution >= 0.6 is 0 Å². The lowest BCUT2D eigenvalue weighted by molar-refractivity contribution is -0.112. The maximum atomic E-state index is 10.5. The topological polar surface area (TPSA) is 40.5 Å². The Balaban J connectivity index is 2.14. The van der Waals surface area contributed by atoms with Crippen molar-refractivity contribution in [3.8, 4) is 0 Å². The van der Waals surface area contributed by atoms with Gasteiger partial charge in [0.25, 0.3) is 0 Å². The number of carbonyl (C=O) groups is 1. The van der Waals surface area contributed by atoms with Gasteiger partial charge in [0.05, 0.1) is 6.10 Å². The smallest absolute Gasteiger partial charge is 0.123 e. The fourth-order valence-electron chi connectivity index (χ4n) is 1.68. The molecule has 1 fully saturated rings. The monoisotopic (exact) mass is 185 g/mol. The van der Waals surface area contributed by atoms with E-state index in [0.717, 1.165) is 45.2 Å². The predicted molar refractivity (Wildman–Crippen MR) is 51.5 cm³/mol. The molecule has 1 N–H and O–H groups in total. The summed E-state index contributed by atoms with van der Waals surface area (Å²) in [5, 5.41) is 9.10. The molecular weight excluding hydrogens is 166 g/mol. The van der Waals surface area contributed by atoms with Crippen LogP contribution in [0, 0.1) is 5.92 Å². The van der Waals surface area contributed by atoms with Crippen molar-refractivity contribution >= 4 is 6.29 Å². The van der Waals surface area contributed by atoms with Gasteiger partial charge in [-0.05, 0) is 39.3 Å². The summed E-state index contributed by atoms with van der Waals surface area (Å²) in [6.45, 7) is 4.80. The van der Waals surface area contributed by atoms with Crippen molar-refractivity contribution in [1.82, 2.24) is 4.90 Å². The van der Waals surface area contributed by atoms with Gasteiger partial charge in [-0.3, -0.25) is 0 Å². The Morgan fingerprint density at radius 2 is 2.15 bits per heavy atom. The van der Waals surface area contributed by atoms with Gasteiger partial charge < -0.3 is 14.8 Å². The summed E-state index contributed by atoms with van der Waals surface area (Å²) in [6, 6.07) is 0. The minimum Gasteiger partial charge on any atom is -0.393 e. The van der Waals surface area contributed by atoms with Crippen molar-refractivity contribution < 1.29 is 9.90 Å². The third kappa shape index (κ3) is 3.87. The van der Waals surface area contributed by atoms with Crippen LogP contribution in [0.3, 0.4) is 0 Å². The number of hydrogen-bond acceptors (Lipinski definition) is 3. The van der Waals surface area contributed by atoms with Crippen LogP contribution in [0.4, 0.5) is 0 Å². The summed E-state index contributed by atoms with van der Waals surface area (Å²) < 4.78 is 0. The quantitative estimate of drug-likeness (QED) is 0.654. The zero-order valence-corrected chi connectivity index (χ0v) is 8.28. The summed E-state index contributed by atoms with van der Waals surface area (Å²) in [7, 11) is 0. The number of aldehydes is 1. The van der Waals surface area contributed by atoms with E-state index in [9.17, 15) is 4.79 Å². The largest absolute Gasteiger partial charge is 0.393 e. The van der Waals surface area contributed by atoms with E-state index in [1.807, 2.05) is 6.92 Å². The highest BCUT2D eigenvalue weighted by Gasteiger charge is 2.18. The molecule has 0 aromatic carbocycles. The number of likely N-dealkylation sites (tertiary alicyclic amines) is 1. The normalized spacial score (nSPS) is 22.9. The lowest BCUT2D eigenvalue weighted by Gasteiger charge is -2.29. The molecule has 0 amide bonds. The summed E-state index contributed by atoms with van der Waals surface area (Å²) in [5.41, 5.74) is 0. The van der Waals surface area contributed by atoms with E-state index in [2.05, 4.69) is 4.90 Å². The fraction of sp³-hybridized carbons (Fsp3) is 0.900. The highest BCUT2D eigenvalue weighted by molar-refractivity contribution is 5.53. The number of aliphatic hydroxyl groups is 1. The van der Waals surface area contributed by atoms with E-state index in [1.54, 1.807) is 0 Å². The molecule has 0 aliphatic carbocycles. The summed E-state index contributed by atoms with van der Waals surface area (Å²) in [4.78, 5) is 12.8. The maximum absolute atomic E-state index is 10.5. The van der Waals surface area contributed by atoms with Gasteiger partial charge in [0.15, 0.2) is 0 Å². The molecule has 1 aliphatic heterocycles. The van der Waals surface area contributed by atoms with Crippen LogP contribution in [0.1, 0.15) is 26.2 Å². The lowest BCUT2D eigenvalue weighted by Crippen LogP contribution is -2.35. The van der Waals surface area contributed by atoms with E-state index >= 15 is 0 Å². The Bertz CT molecular complexity index is 151. The molecule has 3 nitrogen and oxygen atoms in total. The minimum absolute atomic E-state index is 0.205. The number of aliphatic hydroxyl groups excluding tert-OH is 1. The Hall–Kier alpha value is -0.410. The van der Waals surface area contributed by atoms with Crippen LogP contribution in [0.25, 0.3) is 0 Å². The predicted octanol–water partition coefficient (Wildman–Crippen LogP) is 0.668. The molecular formula is C10H19NO2. The molecule has 1 aliphatic rings.